The quantitative estimate of drug-likeness (QED) is 0.382. The van der Waals surface area contributed by atoms with Crippen molar-refractivity contribution in [3.05, 3.63) is 66.1 Å². The average molecular weight is 437 g/mol. The van der Waals surface area contributed by atoms with Gasteiger partial charge in [-0.3, -0.25) is 0 Å². The number of nitrogens with zero attached hydrogens (tertiary/aromatic N) is 2. The maximum atomic E-state index is 5.61. The van der Waals surface area contributed by atoms with E-state index in [1.807, 2.05) is 49.4 Å². The van der Waals surface area contributed by atoms with Crippen molar-refractivity contribution in [1.29, 1.82) is 0 Å². The van der Waals surface area contributed by atoms with Gasteiger partial charge in [-0.1, -0.05) is 38.1 Å². The first-order valence-corrected chi connectivity index (χ1v) is 10.7. The van der Waals surface area contributed by atoms with Crippen LogP contribution in [0.25, 0.3) is 11.5 Å². The summed E-state index contributed by atoms with van der Waals surface area (Å²) in [5, 5.41) is 6.73. The number of benzene rings is 2. The molecule has 3 rings (SSSR count). The van der Waals surface area contributed by atoms with Crippen LogP contribution in [0.4, 0.5) is 0 Å². The molecule has 32 heavy (non-hydrogen) atoms. The van der Waals surface area contributed by atoms with E-state index >= 15 is 0 Å². The van der Waals surface area contributed by atoms with Crippen LogP contribution in [0, 0.1) is 0 Å². The first-order chi connectivity index (χ1) is 15.5. The molecule has 0 radical (unpaired) electrons. The molecule has 1 aromatic heterocycles. The molecule has 0 spiro atoms. The van der Waals surface area contributed by atoms with Gasteiger partial charge in [0, 0.05) is 24.1 Å². The minimum Gasteiger partial charge on any atom is -0.493 e. The number of aromatic nitrogens is 1. The van der Waals surface area contributed by atoms with E-state index in [4.69, 9.17) is 13.9 Å². The molecular weight excluding hydrogens is 404 g/mol. The molecule has 0 atom stereocenters. The number of nitrogens with one attached hydrogen (secondary N) is 2. The third-order valence-corrected chi connectivity index (χ3v) is 5.18. The number of rotatable bonds is 9. The zero-order valence-electron chi connectivity index (χ0n) is 19.4. The highest BCUT2D eigenvalue weighted by molar-refractivity contribution is 5.79. The Morgan fingerprint density at radius 2 is 1.78 bits per heavy atom. The van der Waals surface area contributed by atoms with E-state index in [1.54, 1.807) is 20.5 Å². The van der Waals surface area contributed by atoms with E-state index in [2.05, 4.69) is 40.5 Å². The molecule has 170 valence electrons. The fourth-order valence-corrected chi connectivity index (χ4v) is 3.26. The molecule has 3 aromatic rings. The summed E-state index contributed by atoms with van der Waals surface area (Å²) in [6.45, 7) is 8.25. The molecule has 0 amide bonds. The Bertz CT molecular complexity index is 1030. The molecule has 0 aliphatic rings. The van der Waals surface area contributed by atoms with Crippen LogP contribution in [-0.4, -0.2) is 38.3 Å². The van der Waals surface area contributed by atoms with Crippen LogP contribution in [0.5, 0.6) is 11.5 Å². The second-order valence-corrected chi connectivity index (χ2v) is 8.01. The van der Waals surface area contributed by atoms with E-state index < -0.39 is 0 Å². The summed E-state index contributed by atoms with van der Waals surface area (Å²) >= 11 is 0. The zero-order chi connectivity index (χ0) is 23.0. The zero-order valence-corrected chi connectivity index (χ0v) is 19.4. The Labute approximate surface area is 189 Å². The highest BCUT2D eigenvalue weighted by Crippen LogP contribution is 2.32. The van der Waals surface area contributed by atoms with E-state index in [-0.39, 0.29) is 5.41 Å². The second kappa shape index (κ2) is 10.7. The molecule has 7 heteroatoms. The normalized spacial score (nSPS) is 11.8. The number of guanidine groups is 1. The highest BCUT2D eigenvalue weighted by Gasteiger charge is 2.23. The van der Waals surface area contributed by atoms with Gasteiger partial charge in [-0.2, -0.15) is 0 Å². The van der Waals surface area contributed by atoms with Crippen molar-refractivity contribution in [2.75, 3.05) is 27.3 Å². The van der Waals surface area contributed by atoms with E-state index in [0.29, 0.717) is 19.0 Å². The third-order valence-electron chi connectivity index (χ3n) is 5.18. The van der Waals surface area contributed by atoms with Gasteiger partial charge in [0.15, 0.2) is 17.5 Å². The average Bonchev–Trinajstić information content (AvgIpc) is 3.30. The predicted octanol–water partition coefficient (Wildman–Crippen LogP) is 4.39. The second-order valence-electron chi connectivity index (χ2n) is 8.01. The predicted molar refractivity (Wildman–Crippen MR) is 127 cm³/mol. The Kier molecular flexibility index (Phi) is 7.76. The molecular formula is C25H32N4O3. The number of methoxy groups -OCH3 is 2. The van der Waals surface area contributed by atoms with Crippen LogP contribution in [0.1, 0.15) is 32.0 Å². The summed E-state index contributed by atoms with van der Waals surface area (Å²) in [5.41, 5.74) is 2.71. The summed E-state index contributed by atoms with van der Waals surface area (Å²) in [6, 6.07) is 15.9. The number of hydrogen-bond donors (Lipinski definition) is 2. The fraction of sp³-hybridized carbons (Fsp3) is 0.360. The monoisotopic (exact) mass is 436 g/mol. The van der Waals surface area contributed by atoms with Gasteiger partial charge in [-0.25, -0.2) is 9.98 Å². The van der Waals surface area contributed by atoms with Gasteiger partial charge in [0.25, 0.3) is 0 Å². The van der Waals surface area contributed by atoms with Gasteiger partial charge in [-0.05, 0) is 36.8 Å². The number of hydrogen-bond acceptors (Lipinski definition) is 5. The van der Waals surface area contributed by atoms with Crippen molar-refractivity contribution in [1.82, 2.24) is 15.6 Å². The topological polar surface area (TPSA) is 80.9 Å². The van der Waals surface area contributed by atoms with Crippen LogP contribution in [0.2, 0.25) is 0 Å². The Morgan fingerprint density at radius 3 is 2.47 bits per heavy atom. The minimum absolute atomic E-state index is 0.163. The van der Waals surface area contributed by atoms with Crippen LogP contribution in [0.3, 0.4) is 0 Å². The number of ether oxygens (including phenoxy) is 2. The lowest BCUT2D eigenvalue weighted by Crippen LogP contribution is -2.43. The maximum absolute atomic E-state index is 5.61. The van der Waals surface area contributed by atoms with Gasteiger partial charge in [-0.15, -0.1) is 0 Å². The molecule has 0 bridgehead atoms. The van der Waals surface area contributed by atoms with Gasteiger partial charge in [0.2, 0.25) is 5.89 Å². The van der Waals surface area contributed by atoms with E-state index in [1.165, 1.54) is 0 Å². The molecule has 2 aromatic carbocycles. The minimum atomic E-state index is -0.163. The van der Waals surface area contributed by atoms with Crippen molar-refractivity contribution in [2.24, 2.45) is 4.99 Å². The smallest absolute Gasteiger partial charge is 0.226 e. The van der Waals surface area contributed by atoms with Crippen LogP contribution >= 0.6 is 0 Å². The Morgan fingerprint density at radius 1 is 1.03 bits per heavy atom. The summed E-state index contributed by atoms with van der Waals surface area (Å²) in [6.07, 6.45) is 1.66. The lowest BCUT2D eigenvalue weighted by Gasteiger charge is -2.27. The van der Waals surface area contributed by atoms with Crippen molar-refractivity contribution >= 4 is 5.96 Å². The molecule has 0 saturated carbocycles. The summed E-state index contributed by atoms with van der Waals surface area (Å²) < 4.78 is 16.4. The first-order valence-electron chi connectivity index (χ1n) is 10.7. The van der Waals surface area contributed by atoms with Crippen molar-refractivity contribution in [3.8, 4) is 23.0 Å². The fourth-order valence-electron chi connectivity index (χ4n) is 3.26. The van der Waals surface area contributed by atoms with E-state index in [9.17, 15) is 0 Å². The van der Waals surface area contributed by atoms with Crippen LogP contribution in [0.15, 0.2) is 64.2 Å². The number of aliphatic imine (C=N–C) groups is 1. The molecule has 7 nitrogen and oxygen atoms in total. The van der Waals surface area contributed by atoms with Gasteiger partial charge in [0.05, 0.1) is 20.8 Å². The molecule has 0 unspecified atom stereocenters. The lowest BCUT2D eigenvalue weighted by molar-refractivity contribution is 0.353. The molecule has 0 fully saturated rings. The summed E-state index contributed by atoms with van der Waals surface area (Å²) in [4.78, 5) is 9.23. The lowest BCUT2D eigenvalue weighted by atomic mass is 9.84. The molecule has 2 N–H and O–H groups in total. The summed E-state index contributed by atoms with van der Waals surface area (Å²) in [7, 11) is 3.29. The largest absolute Gasteiger partial charge is 0.493 e. The molecule has 0 saturated heterocycles. The van der Waals surface area contributed by atoms with Gasteiger partial charge in [0.1, 0.15) is 12.0 Å². The Hall–Kier alpha value is -3.48. The maximum Gasteiger partial charge on any atom is 0.226 e. The third kappa shape index (κ3) is 5.81. The molecule has 0 aliphatic carbocycles. The standard InChI is InChI=1S/C25H32N4O3/c1-6-26-24(27-15-20-16-32-23(29-20)18-10-8-7-9-11-18)28-17-25(2,3)19-12-13-21(30-4)22(14-19)31-5/h7-14,16H,6,15,17H2,1-5H3,(H2,26,27,28). The number of oxazole rings is 1. The molecule has 1 heterocycles. The van der Waals surface area contributed by atoms with Crippen LogP contribution < -0.4 is 20.1 Å². The van der Waals surface area contributed by atoms with Crippen LogP contribution in [-0.2, 0) is 12.0 Å². The summed E-state index contributed by atoms with van der Waals surface area (Å²) in [5.74, 6) is 2.77. The van der Waals surface area contributed by atoms with Gasteiger partial charge >= 0.3 is 0 Å². The van der Waals surface area contributed by atoms with Crippen molar-refractivity contribution < 1.29 is 13.9 Å². The van der Waals surface area contributed by atoms with Gasteiger partial charge < -0.3 is 24.5 Å². The van der Waals surface area contributed by atoms with E-state index in [0.717, 1.165) is 40.8 Å². The Balaban J connectivity index is 1.67. The van der Waals surface area contributed by atoms with Crippen molar-refractivity contribution in [3.63, 3.8) is 0 Å². The molecule has 0 aliphatic heterocycles. The highest BCUT2D eigenvalue weighted by atomic mass is 16.5. The van der Waals surface area contributed by atoms with Crippen molar-refractivity contribution in [2.45, 2.75) is 32.7 Å². The first kappa shape index (κ1) is 23.2. The SMILES string of the molecule is CCNC(=NCc1coc(-c2ccccc2)n1)NCC(C)(C)c1ccc(OC)c(OC)c1.